The highest BCUT2D eigenvalue weighted by Crippen LogP contribution is 2.21. The van der Waals surface area contributed by atoms with Gasteiger partial charge in [-0.15, -0.1) is 0 Å². The molecule has 106 valence electrons. The van der Waals surface area contributed by atoms with Crippen LogP contribution in [0.15, 0.2) is 18.2 Å². The summed E-state index contributed by atoms with van der Waals surface area (Å²) in [6.07, 6.45) is 0.385. The molecule has 0 spiro atoms. The lowest BCUT2D eigenvalue weighted by Crippen LogP contribution is -2.55. The third-order valence-electron chi connectivity index (χ3n) is 3.59. The Bertz CT molecular complexity index is 430. The first-order valence-electron chi connectivity index (χ1n) is 6.30. The van der Waals surface area contributed by atoms with Crippen molar-refractivity contribution in [1.82, 2.24) is 10.3 Å². The van der Waals surface area contributed by atoms with Gasteiger partial charge < -0.3 is 4.90 Å². The molecule has 19 heavy (non-hydrogen) atoms. The lowest BCUT2D eigenvalue weighted by atomic mass is 9.99. The zero-order valence-electron chi connectivity index (χ0n) is 10.9. The molecule has 1 aliphatic heterocycles. The highest BCUT2D eigenvalue weighted by atomic mass is 32.2. The molecule has 1 aliphatic rings. The summed E-state index contributed by atoms with van der Waals surface area (Å²) in [5, 5.41) is 0. The molecule has 0 aromatic heterocycles. The average molecular weight is 287 g/mol. The molecule has 0 bridgehead atoms. The van der Waals surface area contributed by atoms with Gasteiger partial charge in [0.25, 0.3) is 0 Å². The smallest absolute Gasteiger partial charge is 0.162 e. The number of nitrogens with two attached hydrogens (primary N) is 1. The standard InChI is InChI=1S/C13H19F2N3S/c1-18-5-6-19-8-12(18)11(17-16)7-9-3-2-4-10(14)13(9)15/h2-4,11-12,17H,5-8,16H2,1H3. The van der Waals surface area contributed by atoms with Gasteiger partial charge in [-0.25, -0.2) is 8.78 Å². The van der Waals surface area contributed by atoms with Crippen molar-refractivity contribution in [2.24, 2.45) is 5.84 Å². The largest absolute Gasteiger partial charge is 0.300 e. The second-order valence-corrected chi connectivity index (χ2v) is 5.96. The van der Waals surface area contributed by atoms with Gasteiger partial charge in [-0.2, -0.15) is 11.8 Å². The second kappa shape index (κ2) is 6.65. The zero-order valence-corrected chi connectivity index (χ0v) is 11.7. The van der Waals surface area contributed by atoms with E-state index in [2.05, 4.69) is 10.3 Å². The molecule has 6 heteroatoms. The van der Waals surface area contributed by atoms with Crippen LogP contribution in [-0.4, -0.2) is 42.1 Å². The molecule has 2 unspecified atom stereocenters. The van der Waals surface area contributed by atoms with E-state index in [1.165, 1.54) is 6.07 Å². The molecule has 3 N–H and O–H groups in total. The normalized spacial score (nSPS) is 22.4. The summed E-state index contributed by atoms with van der Waals surface area (Å²) in [5.74, 6) is 6.07. The van der Waals surface area contributed by atoms with E-state index in [9.17, 15) is 8.78 Å². The Labute approximate surface area is 116 Å². The van der Waals surface area contributed by atoms with Crippen molar-refractivity contribution < 1.29 is 8.78 Å². The Morgan fingerprint density at radius 3 is 3.00 bits per heavy atom. The topological polar surface area (TPSA) is 41.3 Å². The van der Waals surface area contributed by atoms with Gasteiger partial charge in [-0.05, 0) is 25.1 Å². The van der Waals surface area contributed by atoms with E-state index >= 15 is 0 Å². The summed E-state index contributed by atoms with van der Waals surface area (Å²) in [6, 6.07) is 4.41. The van der Waals surface area contributed by atoms with E-state index in [0.717, 1.165) is 24.1 Å². The van der Waals surface area contributed by atoms with E-state index in [0.29, 0.717) is 12.0 Å². The van der Waals surface area contributed by atoms with Crippen LogP contribution in [0.1, 0.15) is 5.56 Å². The Hall–Kier alpha value is -0.690. The minimum atomic E-state index is -0.806. The van der Waals surface area contributed by atoms with Gasteiger partial charge in [0.15, 0.2) is 11.6 Å². The molecule has 0 aliphatic carbocycles. The maximum absolute atomic E-state index is 13.7. The molecule has 0 amide bonds. The Morgan fingerprint density at radius 1 is 1.53 bits per heavy atom. The van der Waals surface area contributed by atoms with Gasteiger partial charge in [0.1, 0.15) is 0 Å². The van der Waals surface area contributed by atoms with Gasteiger partial charge in [-0.3, -0.25) is 11.3 Å². The monoisotopic (exact) mass is 287 g/mol. The Morgan fingerprint density at radius 2 is 2.32 bits per heavy atom. The summed E-state index contributed by atoms with van der Waals surface area (Å²) in [5.41, 5.74) is 3.12. The van der Waals surface area contributed by atoms with Crippen LogP contribution < -0.4 is 11.3 Å². The lowest BCUT2D eigenvalue weighted by Gasteiger charge is -2.37. The number of hydrazine groups is 1. The molecule has 1 saturated heterocycles. The van der Waals surface area contributed by atoms with E-state index in [-0.39, 0.29) is 12.1 Å². The van der Waals surface area contributed by atoms with Crippen LogP contribution in [0.5, 0.6) is 0 Å². The highest BCUT2D eigenvalue weighted by Gasteiger charge is 2.28. The van der Waals surface area contributed by atoms with Crippen LogP contribution in [0, 0.1) is 11.6 Å². The molecule has 2 rings (SSSR count). The first-order chi connectivity index (χ1) is 9.13. The van der Waals surface area contributed by atoms with Gasteiger partial charge in [-0.1, -0.05) is 12.1 Å². The van der Waals surface area contributed by atoms with E-state index in [1.807, 2.05) is 18.8 Å². The van der Waals surface area contributed by atoms with E-state index in [1.54, 1.807) is 6.07 Å². The second-order valence-electron chi connectivity index (χ2n) is 4.81. The SMILES string of the molecule is CN1CCSCC1C(Cc1cccc(F)c1F)NN. The Balaban J connectivity index is 2.12. The fourth-order valence-corrected chi connectivity index (χ4v) is 3.69. The summed E-state index contributed by atoms with van der Waals surface area (Å²) < 4.78 is 26.9. The number of benzene rings is 1. The molecular weight excluding hydrogens is 268 g/mol. The maximum Gasteiger partial charge on any atom is 0.162 e. The summed E-state index contributed by atoms with van der Waals surface area (Å²) >= 11 is 1.86. The molecule has 1 fully saturated rings. The van der Waals surface area contributed by atoms with Crippen LogP contribution in [-0.2, 0) is 6.42 Å². The van der Waals surface area contributed by atoms with Crippen LogP contribution >= 0.6 is 11.8 Å². The molecule has 1 heterocycles. The van der Waals surface area contributed by atoms with Crippen LogP contribution in [0.25, 0.3) is 0 Å². The fraction of sp³-hybridized carbons (Fsp3) is 0.538. The molecular formula is C13H19F2N3S. The maximum atomic E-state index is 13.7. The number of halogens is 2. The minimum Gasteiger partial charge on any atom is -0.300 e. The quantitative estimate of drug-likeness (QED) is 0.648. The first kappa shape index (κ1) is 14.7. The number of rotatable bonds is 4. The Kier molecular flexibility index (Phi) is 5.15. The molecule has 2 atom stereocenters. The number of nitrogens with zero attached hydrogens (tertiary/aromatic N) is 1. The summed E-state index contributed by atoms with van der Waals surface area (Å²) in [4.78, 5) is 2.22. The summed E-state index contributed by atoms with van der Waals surface area (Å²) in [6.45, 7) is 0.985. The predicted molar refractivity (Wildman–Crippen MR) is 74.9 cm³/mol. The van der Waals surface area contributed by atoms with Gasteiger partial charge in [0.2, 0.25) is 0 Å². The summed E-state index contributed by atoms with van der Waals surface area (Å²) in [7, 11) is 2.04. The highest BCUT2D eigenvalue weighted by molar-refractivity contribution is 7.99. The van der Waals surface area contributed by atoms with Crippen LogP contribution in [0.2, 0.25) is 0 Å². The van der Waals surface area contributed by atoms with Crippen LogP contribution in [0.3, 0.4) is 0 Å². The van der Waals surface area contributed by atoms with Crippen molar-refractivity contribution in [3.8, 4) is 0 Å². The van der Waals surface area contributed by atoms with Gasteiger partial charge in [0.05, 0.1) is 0 Å². The molecule has 1 aromatic carbocycles. The fourth-order valence-electron chi connectivity index (χ4n) is 2.38. The molecule has 1 aromatic rings. The van der Waals surface area contributed by atoms with Crippen molar-refractivity contribution in [2.75, 3.05) is 25.1 Å². The predicted octanol–water partition coefficient (Wildman–Crippen LogP) is 1.39. The minimum absolute atomic E-state index is 0.0888. The van der Waals surface area contributed by atoms with Gasteiger partial charge >= 0.3 is 0 Å². The number of thioether (sulfide) groups is 1. The molecule has 0 radical (unpaired) electrons. The molecule has 3 nitrogen and oxygen atoms in total. The van der Waals surface area contributed by atoms with Crippen molar-refractivity contribution in [1.29, 1.82) is 0 Å². The number of hydrogen-bond acceptors (Lipinski definition) is 4. The van der Waals surface area contributed by atoms with E-state index in [4.69, 9.17) is 5.84 Å². The average Bonchev–Trinajstić information content (AvgIpc) is 2.41. The van der Waals surface area contributed by atoms with Crippen LogP contribution in [0.4, 0.5) is 8.78 Å². The van der Waals surface area contributed by atoms with Crippen molar-refractivity contribution in [2.45, 2.75) is 18.5 Å². The van der Waals surface area contributed by atoms with E-state index < -0.39 is 11.6 Å². The first-order valence-corrected chi connectivity index (χ1v) is 7.46. The van der Waals surface area contributed by atoms with Crippen molar-refractivity contribution in [3.63, 3.8) is 0 Å². The van der Waals surface area contributed by atoms with Crippen molar-refractivity contribution >= 4 is 11.8 Å². The number of hydrogen-bond donors (Lipinski definition) is 2. The number of likely N-dealkylation sites (N-methyl/N-ethyl adjacent to an activating group) is 1. The third kappa shape index (κ3) is 3.45. The molecule has 0 saturated carbocycles. The zero-order chi connectivity index (χ0) is 13.8. The lowest BCUT2D eigenvalue weighted by molar-refractivity contribution is 0.213. The third-order valence-corrected chi connectivity index (χ3v) is 4.64. The van der Waals surface area contributed by atoms with Gasteiger partial charge in [0, 0.05) is 30.1 Å². The van der Waals surface area contributed by atoms with Crippen molar-refractivity contribution in [3.05, 3.63) is 35.4 Å². The number of nitrogens with one attached hydrogen (secondary N) is 1.